The van der Waals surface area contributed by atoms with Crippen LogP contribution in [-0.2, 0) is 28.7 Å². The summed E-state index contributed by atoms with van der Waals surface area (Å²) < 4.78 is 10.5. The normalized spacial score (nSPS) is 25.3. The number of esters is 1. The Morgan fingerprint density at radius 3 is 2.33 bits per heavy atom. The summed E-state index contributed by atoms with van der Waals surface area (Å²) in [6, 6.07) is -1.93. The second kappa shape index (κ2) is 9.74. The van der Waals surface area contributed by atoms with Gasteiger partial charge in [-0.3, -0.25) is 24.5 Å². The summed E-state index contributed by atoms with van der Waals surface area (Å²) in [7, 11) is 0. The van der Waals surface area contributed by atoms with E-state index in [1.807, 2.05) is 13.8 Å². The zero-order valence-corrected chi connectivity index (χ0v) is 18.4. The average Bonchev–Trinajstić information content (AvgIpc) is 2.56. The van der Waals surface area contributed by atoms with Gasteiger partial charge in [0.1, 0.15) is 17.7 Å². The molecule has 2 rings (SSSR count). The number of carbonyl (C=O) groups is 4. The summed E-state index contributed by atoms with van der Waals surface area (Å²) in [5.41, 5.74) is -1.25. The van der Waals surface area contributed by atoms with Crippen LogP contribution in [0.4, 0.5) is 0 Å². The number of nitrogens with one attached hydrogen (secondary N) is 4. The average molecular weight is 427 g/mol. The van der Waals surface area contributed by atoms with Gasteiger partial charge in [0.05, 0.1) is 31.7 Å². The Labute approximate surface area is 177 Å². The topological polar surface area (TPSA) is 135 Å². The predicted molar refractivity (Wildman–Crippen MR) is 108 cm³/mol. The first-order valence-corrected chi connectivity index (χ1v) is 10.3. The van der Waals surface area contributed by atoms with Gasteiger partial charge in [-0.2, -0.15) is 0 Å². The molecule has 2 saturated heterocycles. The summed E-state index contributed by atoms with van der Waals surface area (Å²) in [6.45, 7) is 9.98. The molecule has 0 bridgehead atoms. The Morgan fingerprint density at radius 1 is 1.13 bits per heavy atom. The highest BCUT2D eigenvalue weighted by atomic mass is 16.6. The van der Waals surface area contributed by atoms with Crippen molar-refractivity contribution in [2.24, 2.45) is 5.92 Å². The van der Waals surface area contributed by atoms with E-state index in [0.29, 0.717) is 19.6 Å². The molecule has 2 atom stereocenters. The van der Waals surface area contributed by atoms with Gasteiger partial charge in [-0.15, -0.1) is 0 Å². The van der Waals surface area contributed by atoms with Crippen LogP contribution in [0.25, 0.3) is 0 Å². The third-order valence-electron chi connectivity index (χ3n) is 4.76. The van der Waals surface area contributed by atoms with Crippen molar-refractivity contribution in [1.29, 1.82) is 0 Å². The van der Waals surface area contributed by atoms with Gasteiger partial charge in [0.25, 0.3) is 0 Å². The fraction of sp³-hybridized carbons (Fsp3) is 0.800. The minimum atomic E-state index is -1.15. The molecule has 0 radical (unpaired) electrons. The largest absolute Gasteiger partial charge is 0.460 e. The summed E-state index contributed by atoms with van der Waals surface area (Å²) in [5, 5.41) is 11.2. The summed E-state index contributed by atoms with van der Waals surface area (Å²) in [5.74, 6) is -1.81. The summed E-state index contributed by atoms with van der Waals surface area (Å²) in [4.78, 5) is 50.3. The van der Waals surface area contributed by atoms with Gasteiger partial charge in [-0.1, -0.05) is 13.8 Å². The Hall–Kier alpha value is -2.20. The van der Waals surface area contributed by atoms with Crippen LogP contribution in [0.15, 0.2) is 0 Å². The highest BCUT2D eigenvalue weighted by Crippen LogP contribution is 2.16. The fourth-order valence-corrected chi connectivity index (χ4v) is 3.24. The molecule has 1 spiro atoms. The molecule has 0 aliphatic carbocycles. The van der Waals surface area contributed by atoms with Crippen molar-refractivity contribution in [3.05, 3.63) is 0 Å². The molecule has 0 aromatic carbocycles. The quantitative estimate of drug-likeness (QED) is 0.433. The van der Waals surface area contributed by atoms with Crippen LogP contribution in [0.1, 0.15) is 47.5 Å². The Morgan fingerprint density at radius 2 is 1.80 bits per heavy atom. The number of amides is 3. The predicted octanol–water partition coefficient (Wildman–Crippen LogP) is -0.778. The Bertz CT molecular complexity index is 669. The molecule has 10 nitrogen and oxygen atoms in total. The first-order chi connectivity index (χ1) is 13.9. The molecular weight excluding hydrogens is 392 g/mol. The first-order valence-electron chi connectivity index (χ1n) is 10.3. The maximum Gasteiger partial charge on any atom is 0.308 e. The van der Waals surface area contributed by atoms with Crippen molar-refractivity contribution >= 4 is 23.7 Å². The highest BCUT2D eigenvalue weighted by molar-refractivity contribution is 5.94. The molecule has 0 unspecified atom stereocenters. The van der Waals surface area contributed by atoms with Gasteiger partial charge >= 0.3 is 5.97 Å². The van der Waals surface area contributed by atoms with Crippen LogP contribution in [0.5, 0.6) is 0 Å². The molecule has 4 N–H and O–H groups in total. The monoisotopic (exact) mass is 426 g/mol. The van der Waals surface area contributed by atoms with Crippen molar-refractivity contribution < 1.29 is 28.7 Å². The van der Waals surface area contributed by atoms with E-state index in [1.54, 1.807) is 20.8 Å². The zero-order chi connectivity index (χ0) is 22.5. The zero-order valence-electron chi connectivity index (χ0n) is 18.4. The Balaban J connectivity index is 2.20. The van der Waals surface area contributed by atoms with E-state index in [0.717, 1.165) is 0 Å². The molecule has 0 aromatic heterocycles. The molecule has 2 heterocycles. The third kappa shape index (κ3) is 7.24. The SMILES string of the molecule is CC(C)C[C@@H]1NC(=O)[C@H](CC(=O)OC(C)(C)C)NC(=O)CNC2(CNC1=O)COC2. The molecule has 170 valence electrons. The molecule has 0 saturated carbocycles. The van der Waals surface area contributed by atoms with E-state index in [4.69, 9.17) is 9.47 Å². The summed E-state index contributed by atoms with van der Waals surface area (Å²) in [6.07, 6.45) is 0.0840. The highest BCUT2D eigenvalue weighted by Gasteiger charge is 2.40. The van der Waals surface area contributed by atoms with Gasteiger partial charge in [0.2, 0.25) is 17.7 Å². The van der Waals surface area contributed by atoms with Crippen LogP contribution in [-0.4, -0.2) is 73.2 Å². The molecule has 2 aliphatic rings. The molecule has 30 heavy (non-hydrogen) atoms. The van der Waals surface area contributed by atoms with Gasteiger partial charge in [0.15, 0.2) is 0 Å². The maximum absolute atomic E-state index is 12.9. The van der Waals surface area contributed by atoms with Crippen LogP contribution >= 0.6 is 0 Å². The van der Waals surface area contributed by atoms with Crippen molar-refractivity contribution in [2.75, 3.05) is 26.3 Å². The molecular formula is C20H34N4O6. The van der Waals surface area contributed by atoms with E-state index >= 15 is 0 Å². The van der Waals surface area contributed by atoms with Crippen molar-refractivity contribution in [3.63, 3.8) is 0 Å². The molecule has 2 fully saturated rings. The van der Waals surface area contributed by atoms with Crippen LogP contribution < -0.4 is 21.3 Å². The van der Waals surface area contributed by atoms with Crippen LogP contribution in [0.2, 0.25) is 0 Å². The lowest BCUT2D eigenvalue weighted by Gasteiger charge is -2.42. The lowest BCUT2D eigenvalue weighted by molar-refractivity contribution is -0.156. The van der Waals surface area contributed by atoms with Crippen molar-refractivity contribution in [3.8, 4) is 0 Å². The minimum absolute atomic E-state index is 0.0766. The van der Waals surface area contributed by atoms with Crippen molar-refractivity contribution in [2.45, 2.75) is 70.7 Å². The minimum Gasteiger partial charge on any atom is -0.460 e. The Kier molecular flexibility index (Phi) is 7.81. The van der Waals surface area contributed by atoms with E-state index in [-0.39, 0.29) is 31.3 Å². The maximum atomic E-state index is 12.9. The molecule has 3 amide bonds. The van der Waals surface area contributed by atoms with Gasteiger partial charge in [0, 0.05) is 6.54 Å². The van der Waals surface area contributed by atoms with E-state index in [9.17, 15) is 19.2 Å². The van der Waals surface area contributed by atoms with Gasteiger partial charge in [-0.05, 0) is 33.1 Å². The summed E-state index contributed by atoms with van der Waals surface area (Å²) >= 11 is 0. The number of hydrogen-bond acceptors (Lipinski definition) is 7. The van der Waals surface area contributed by atoms with E-state index < -0.39 is 41.0 Å². The molecule has 10 heteroatoms. The molecule has 0 aromatic rings. The van der Waals surface area contributed by atoms with Gasteiger partial charge in [-0.25, -0.2) is 0 Å². The lowest BCUT2D eigenvalue weighted by atomic mass is 9.96. The number of hydrogen-bond donors (Lipinski definition) is 4. The second-order valence-electron chi connectivity index (χ2n) is 9.45. The lowest BCUT2D eigenvalue weighted by Crippen LogP contribution is -2.69. The fourth-order valence-electron chi connectivity index (χ4n) is 3.24. The number of rotatable bonds is 4. The van der Waals surface area contributed by atoms with Crippen LogP contribution in [0.3, 0.4) is 0 Å². The standard InChI is InChI=1S/C20H34N4O6/c1-12(2)6-13-17(27)21-9-20(10-29-11-20)22-8-15(25)23-14(18(28)24-13)7-16(26)30-19(3,4)5/h12-14,22H,6-11H2,1-5H3,(H,21,27)(H,23,25)(H,24,28)/t13-,14-/m0/s1. The first kappa shape index (κ1) is 24.1. The second-order valence-corrected chi connectivity index (χ2v) is 9.45. The number of carbonyl (C=O) groups excluding carboxylic acids is 4. The van der Waals surface area contributed by atoms with Crippen molar-refractivity contribution in [1.82, 2.24) is 21.3 Å². The number of ether oxygens (including phenoxy) is 2. The van der Waals surface area contributed by atoms with E-state index in [2.05, 4.69) is 21.3 Å². The molecule has 2 aliphatic heterocycles. The van der Waals surface area contributed by atoms with Gasteiger partial charge < -0.3 is 25.4 Å². The van der Waals surface area contributed by atoms with Crippen LogP contribution in [0, 0.1) is 5.92 Å². The van der Waals surface area contributed by atoms with E-state index in [1.165, 1.54) is 0 Å². The third-order valence-corrected chi connectivity index (χ3v) is 4.76. The smallest absolute Gasteiger partial charge is 0.308 e.